The number of carbonyl (C=O) groups is 2. The van der Waals surface area contributed by atoms with Gasteiger partial charge in [0.25, 0.3) is 11.8 Å². The molecule has 0 bridgehead atoms. The number of hydrogen-bond acceptors (Lipinski definition) is 3. The Hall–Kier alpha value is -3.60. The molecule has 1 unspecified atom stereocenters. The Balaban J connectivity index is 1.49. The predicted octanol–water partition coefficient (Wildman–Crippen LogP) is 5.92. The van der Waals surface area contributed by atoms with Crippen LogP contribution < -0.4 is 10.6 Å². The zero-order chi connectivity index (χ0) is 22.7. The normalized spacial score (nSPS) is 14.9. The molecular formula is C27H29N3O2. The lowest BCUT2D eigenvalue weighted by molar-refractivity contribution is 0.0740. The largest absolute Gasteiger partial charge is 0.361 e. The number of aryl methyl sites for hydroxylation is 2. The van der Waals surface area contributed by atoms with Gasteiger partial charge < -0.3 is 15.5 Å². The Morgan fingerprint density at radius 2 is 1.66 bits per heavy atom. The molecule has 0 spiro atoms. The van der Waals surface area contributed by atoms with E-state index in [1.807, 2.05) is 73.3 Å². The molecule has 0 aliphatic carbocycles. The number of anilines is 2. The van der Waals surface area contributed by atoms with E-state index in [0.29, 0.717) is 12.1 Å². The predicted molar refractivity (Wildman–Crippen MR) is 129 cm³/mol. The molecule has 32 heavy (non-hydrogen) atoms. The van der Waals surface area contributed by atoms with Crippen molar-refractivity contribution in [3.63, 3.8) is 0 Å². The third kappa shape index (κ3) is 4.37. The van der Waals surface area contributed by atoms with Crippen molar-refractivity contribution in [1.82, 2.24) is 4.90 Å². The molecule has 5 heteroatoms. The fourth-order valence-electron chi connectivity index (χ4n) is 3.98. The van der Waals surface area contributed by atoms with E-state index in [-0.39, 0.29) is 18.0 Å². The summed E-state index contributed by atoms with van der Waals surface area (Å²) in [6.45, 7) is 6.91. The maximum Gasteiger partial charge on any atom is 0.256 e. The molecule has 164 valence electrons. The average Bonchev–Trinajstić information content (AvgIpc) is 3.06. The fraction of sp³-hybridized carbons (Fsp3) is 0.259. The van der Waals surface area contributed by atoms with Crippen LogP contribution in [0, 0.1) is 13.8 Å². The summed E-state index contributed by atoms with van der Waals surface area (Å²) in [6.07, 6.45) is 1.77. The molecule has 0 radical (unpaired) electrons. The highest BCUT2D eigenvalue weighted by molar-refractivity contribution is 6.04. The summed E-state index contributed by atoms with van der Waals surface area (Å²) in [5.74, 6) is -0.0818. The number of unbranched alkanes of at least 4 members (excludes halogenated alkanes) is 1. The van der Waals surface area contributed by atoms with E-state index < -0.39 is 0 Å². The zero-order valence-electron chi connectivity index (χ0n) is 18.8. The van der Waals surface area contributed by atoms with Gasteiger partial charge in [-0.3, -0.25) is 9.59 Å². The van der Waals surface area contributed by atoms with E-state index in [2.05, 4.69) is 17.6 Å². The minimum Gasteiger partial charge on any atom is -0.361 e. The van der Waals surface area contributed by atoms with Crippen molar-refractivity contribution < 1.29 is 9.59 Å². The standard InChI is InChI=1S/C27H29N3O2/c1-4-5-16-30-25(23-8-6-7-9-24(23)27(30)32)28-21-14-11-20(12-15-21)26(31)29-22-13-10-18(2)19(3)17-22/h6-15,17,25,28H,4-5,16H2,1-3H3,(H,29,31). The van der Waals surface area contributed by atoms with Gasteiger partial charge in [-0.25, -0.2) is 0 Å². The molecule has 5 nitrogen and oxygen atoms in total. The van der Waals surface area contributed by atoms with Crippen molar-refractivity contribution in [2.75, 3.05) is 17.2 Å². The van der Waals surface area contributed by atoms with E-state index in [9.17, 15) is 9.59 Å². The number of nitrogens with zero attached hydrogens (tertiary/aromatic N) is 1. The van der Waals surface area contributed by atoms with Crippen LogP contribution in [0.4, 0.5) is 11.4 Å². The summed E-state index contributed by atoms with van der Waals surface area (Å²) in [5, 5.41) is 6.45. The second kappa shape index (κ2) is 9.27. The van der Waals surface area contributed by atoms with Crippen LogP contribution in [0.15, 0.2) is 66.7 Å². The molecule has 0 aromatic heterocycles. The lowest BCUT2D eigenvalue weighted by atomic mass is 10.1. The number of hydrogen-bond donors (Lipinski definition) is 2. The van der Waals surface area contributed by atoms with Gasteiger partial charge in [0.15, 0.2) is 0 Å². The number of nitrogens with one attached hydrogen (secondary N) is 2. The van der Waals surface area contributed by atoms with Crippen LogP contribution >= 0.6 is 0 Å². The smallest absolute Gasteiger partial charge is 0.256 e. The van der Waals surface area contributed by atoms with E-state index in [4.69, 9.17) is 0 Å². The Labute approximate surface area is 189 Å². The topological polar surface area (TPSA) is 61.4 Å². The summed E-state index contributed by atoms with van der Waals surface area (Å²) < 4.78 is 0. The molecule has 3 aromatic rings. The van der Waals surface area contributed by atoms with Crippen molar-refractivity contribution in [2.45, 2.75) is 39.8 Å². The van der Waals surface area contributed by atoms with Gasteiger partial charge in [0.05, 0.1) is 0 Å². The SMILES string of the molecule is CCCCN1C(=O)c2ccccc2C1Nc1ccc(C(=O)Nc2ccc(C)c(C)c2)cc1. The summed E-state index contributed by atoms with van der Waals surface area (Å²) in [5.41, 5.74) is 6.31. The third-order valence-corrected chi connectivity index (χ3v) is 6.03. The van der Waals surface area contributed by atoms with Gasteiger partial charge in [0, 0.05) is 34.6 Å². The Morgan fingerprint density at radius 3 is 2.38 bits per heavy atom. The highest BCUT2D eigenvalue weighted by Crippen LogP contribution is 2.34. The number of fused-ring (bicyclic) bond motifs is 1. The van der Waals surface area contributed by atoms with Crippen molar-refractivity contribution >= 4 is 23.2 Å². The summed E-state index contributed by atoms with van der Waals surface area (Å²) >= 11 is 0. The van der Waals surface area contributed by atoms with Gasteiger partial charge in [-0.2, -0.15) is 0 Å². The Morgan fingerprint density at radius 1 is 0.938 bits per heavy atom. The molecule has 2 N–H and O–H groups in total. The Bertz CT molecular complexity index is 1140. The van der Waals surface area contributed by atoms with Gasteiger partial charge in [0.1, 0.15) is 6.17 Å². The van der Waals surface area contributed by atoms with E-state index in [1.165, 1.54) is 5.56 Å². The van der Waals surface area contributed by atoms with Crippen LogP contribution in [-0.2, 0) is 0 Å². The second-order valence-electron chi connectivity index (χ2n) is 8.32. The van der Waals surface area contributed by atoms with Gasteiger partial charge in [0.2, 0.25) is 0 Å². The third-order valence-electron chi connectivity index (χ3n) is 6.03. The van der Waals surface area contributed by atoms with Crippen LogP contribution in [0.25, 0.3) is 0 Å². The van der Waals surface area contributed by atoms with Crippen LogP contribution in [0.1, 0.15) is 63.3 Å². The highest BCUT2D eigenvalue weighted by atomic mass is 16.2. The molecule has 1 heterocycles. The van der Waals surface area contributed by atoms with Crippen molar-refractivity contribution in [2.24, 2.45) is 0 Å². The van der Waals surface area contributed by atoms with E-state index in [0.717, 1.165) is 40.9 Å². The van der Waals surface area contributed by atoms with E-state index in [1.54, 1.807) is 12.1 Å². The molecule has 4 rings (SSSR count). The molecule has 0 saturated carbocycles. The minimum atomic E-state index is -0.208. The zero-order valence-corrected chi connectivity index (χ0v) is 18.8. The minimum absolute atomic E-state index is 0.0657. The maximum atomic E-state index is 12.9. The summed E-state index contributed by atoms with van der Waals surface area (Å²) in [7, 11) is 0. The monoisotopic (exact) mass is 427 g/mol. The van der Waals surface area contributed by atoms with Crippen molar-refractivity contribution in [1.29, 1.82) is 0 Å². The highest BCUT2D eigenvalue weighted by Gasteiger charge is 2.35. The fourth-order valence-corrected chi connectivity index (χ4v) is 3.98. The molecule has 1 atom stereocenters. The summed E-state index contributed by atoms with van der Waals surface area (Å²) in [4.78, 5) is 27.5. The molecular weight excluding hydrogens is 398 g/mol. The number of carbonyl (C=O) groups excluding carboxylic acids is 2. The van der Waals surface area contributed by atoms with Crippen LogP contribution in [-0.4, -0.2) is 23.3 Å². The lowest BCUT2D eigenvalue weighted by Gasteiger charge is -2.27. The summed E-state index contributed by atoms with van der Waals surface area (Å²) in [6, 6.07) is 21.0. The molecule has 0 saturated heterocycles. The quantitative estimate of drug-likeness (QED) is 0.492. The number of benzene rings is 3. The lowest BCUT2D eigenvalue weighted by Crippen LogP contribution is -2.33. The first-order valence-corrected chi connectivity index (χ1v) is 11.1. The number of rotatable bonds is 7. The number of amides is 2. The van der Waals surface area contributed by atoms with Crippen LogP contribution in [0.3, 0.4) is 0 Å². The first-order valence-electron chi connectivity index (χ1n) is 11.1. The van der Waals surface area contributed by atoms with Gasteiger partial charge >= 0.3 is 0 Å². The van der Waals surface area contributed by atoms with Crippen LogP contribution in [0.5, 0.6) is 0 Å². The molecule has 0 fully saturated rings. The van der Waals surface area contributed by atoms with Crippen molar-refractivity contribution in [3.05, 3.63) is 94.5 Å². The maximum absolute atomic E-state index is 12.9. The first-order chi connectivity index (χ1) is 15.5. The van der Waals surface area contributed by atoms with Gasteiger partial charge in [-0.15, -0.1) is 0 Å². The Kier molecular flexibility index (Phi) is 6.26. The van der Waals surface area contributed by atoms with Gasteiger partial charge in [-0.05, 0) is 73.9 Å². The second-order valence-corrected chi connectivity index (χ2v) is 8.32. The molecule has 1 aliphatic rings. The average molecular weight is 428 g/mol. The molecule has 2 amide bonds. The van der Waals surface area contributed by atoms with Gasteiger partial charge in [-0.1, -0.05) is 37.6 Å². The molecule has 1 aliphatic heterocycles. The first kappa shape index (κ1) is 21.6. The van der Waals surface area contributed by atoms with Crippen molar-refractivity contribution in [3.8, 4) is 0 Å². The molecule has 3 aromatic carbocycles. The van der Waals surface area contributed by atoms with E-state index >= 15 is 0 Å². The van der Waals surface area contributed by atoms with Crippen LogP contribution in [0.2, 0.25) is 0 Å².